The van der Waals surface area contributed by atoms with Crippen molar-refractivity contribution >= 4 is 0 Å². The van der Waals surface area contributed by atoms with E-state index >= 15 is 0 Å². The van der Waals surface area contributed by atoms with Crippen LogP contribution in [0.4, 0.5) is 0 Å². The van der Waals surface area contributed by atoms with E-state index in [1.807, 2.05) is 26.1 Å². The molecular formula is C15H21N5O. The first-order valence-corrected chi connectivity index (χ1v) is 7.47. The number of pyridine rings is 1. The van der Waals surface area contributed by atoms with Crippen LogP contribution >= 0.6 is 0 Å². The van der Waals surface area contributed by atoms with Crippen LogP contribution in [0, 0.1) is 6.92 Å². The lowest BCUT2D eigenvalue weighted by Gasteiger charge is -2.22. The molecule has 3 rings (SSSR count). The molecule has 1 atom stereocenters. The molecule has 6 nitrogen and oxygen atoms in total. The number of nitrogens with zero attached hydrogens (tertiary/aromatic N) is 4. The Morgan fingerprint density at radius 3 is 3.00 bits per heavy atom. The number of aromatic amines is 1. The third kappa shape index (κ3) is 3.21. The summed E-state index contributed by atoms with van der Waals surface area (Å²) in [4.78, 5) is 11.2. The molecule has 1 saturated heterocycles. The Morgan fingerprint density at radius 2 is 2.33 bits per heavy atom. The summed E-state index contributed by atoms with van der Waals surface area (Å²) in [5.74, 6) is 2.47. The Kier molecular flexibility index (Phi) is 4.15. The van der Waals surface area contributed by atoms with E-state index in [0.29, 0.717) is 18.5 Å². The van der Waals surface area contributed by atoms with Gasteiger partial charge in [0.1, 0.15) is 5.82 Å². The third-order valence-electron chi connectivity index (χ3n) is 3.75. The van der Waals surface area contributed by atoms with Gasteiger partial charge >= 0.3 is 0 Å². The fraction of sp³-hybridized carbons (Fsp3) is 0.533. The topological polar surface area (TPSA) is 66.9 Å². The zero-order valence-electron chi connectivity index (χ0n) is 12.5. The lowest BCUT2D eigenvalue weighted by Crippen LogP contribution is -2.23. The van der Waals surface area contributed by atoms with Gasteiger partial charge in [-0.25, -0.2) is 9.97 Å². The monoisotopic (exact) mass is 287 g/mol. The summed E-state index contributed by atoms with van der Waals surface area (Å²) in [6.45, 7) is 6.49. The molecule has 112 valence electrons. The molecule has 1 aliphatic heterocycles. The summed E-state index contributed by atoms with van der Waals surface area (Å²) in [6, 6.07) is 4.32. The van der Waals surface area contributed by atoms with Crippen molar-refractivity contribution in [1.29, 1.82) is 0 Å². The van der Waals surface area contributed by atoms with E-state index in [-0.39, 0.29) is 0 Å². The van der Waals surface area contributed by atoms with E-state index in [4.69, 9.17) is 4.74 Å². The first kappa shape index (κ1) is 14.0. The number of H-pyrrole nitrogens is 1. The maximum absolute atomic E-state index is 5.38. The van der Waals surface area contributed by atoms with E-state index in [9.17, 15) is 0 Å². The molecule has 0 saturated carbocycles. The Bertz CT molecular complexity index is 580. The predicted octanol–water partition coefficient (Wildman–Crippen LogP) is 2.24. The molecule has 0 bridgehead atoms. The third-order valence-corrected chi connectivity index (χ3v) is 3.75. The van der Waals surface area contributed by atoms with E-state index in [2.05, 4.69) is 31.1 Å². The average Bonchev–Trinajstić information content (AvgIpc) is 3.10. The smallest absolute Gasteiger partial charge is 0.213 e. The Hall–Kier alpha value is -1.95. The molecule has 1 aliphatic rings. The van der Waals surface area contributed by atoms with Gasteiger partial charge in [0.2, 0.25) is 5.88 Å². The van der Waals surface area contributed by atoms with Crippen LogP contribution in [0.2, 0.25) is 0 Å². The summed E-state index contributed by atoms with van der Waals surface area (Å²) < 4.78 is 5.38. The van der Waals surface area contributed by atoms with Crippen LogP contribution in [-0.4, -0.2) is 38.2 Å². The van der Waals surface area contributed by atoms with Crippen molar-refractivity contribution in [3.05, 3.63) is 35.5 Å². The van der Waals surface area contributed by atoms with Crippen molar-refractivity contribution in [2.45, 2.75) is 39.3 Å². The number of nitrogens with one attached hydrogen (secondary N) is 1. The molecule has 0 amide bonds. The molecule has 0 aliphatic carbocycles. The number of hydrogen-bond donors (Lipinski definition) is 1. The van der Waals surface area contributed by atoms with Crippen molar-refractivity contribution in [3.8, 4) is 5.88 Å². The second-order valence-corrected chi connectivity index (χ2v) is 5.35. The quantitative estimate of drug-likeness (QED) is 0.913. The largest absolute Gasteiger partial charge is 0.478 e. The standard InChI is InChI=1S/C15H21N5O/c1-3-21-14-7-6-12(9-16-14)10-20-8-4-5-13(20)15-17-11(2)18-19-15/h6-7,9,13H,3-5,8,10H2,1-2H3,(H,17,18,19)/t13-/m1/s1. The highest BCUT2D eigenvalue weighted by Gasteiger charge is 2.28. The van der Waals surface area contributed by atoms with E-state index < -0.39 is 0 Å². The van der Waals surface area contributed by atoms with Crippen LogP contribution in [0.3, 0.4) is 0 Å². The van der Waals surface area contributed by atoms with Crippen LogP contribution in [0.25, 0.3) is 0 Å². The molecule has 0 radical (unpaired) electrons. The maximum Gasteiger partial charge on any atom is 0.213 e. The van der Waals surface area contributed by atoms with Gasteiger partial charge in [-0.05, 0) is 38.8 Å². The summed E-state index contributed by atoms with van der Waals surface area (Å²) in [5, 5.41) is 7.25. The van der Waals surface area contributed by atoms with Gasteiger partial charge in [-0.15, -0.1) is 0 Å². The van der Waals surface area contributed by atoms with Crippen LogP contribution in [0.1, 0.15) is 43.0 Å². The van der Waals surface area contributed by atoms with Crippen molar-refractivity contribution in [3.63, 3.8) is 0 Å². The van der Waals surface area contributed by atoms with E-state index in [1.54, 1.807) is 0 Å². The molecule has 2 aromatic heterocycles. The lowest BCUT2D eigenvalue weighted by molar-refractivity contribution is 0.239. The van der Waals surface area contributed by atoms with E-state index in [0.717, 1.165) is 31.2 Å². The minimum Gasteiger partial charge on any atom is -0.478 e. The number of ether oxygens (including phenoxy) is 1. The Morgan fingerprint density at radius 1 is 1.43 bits per heavy atom. The normalized spacial score (nSPS) is 19.0. The van der Waals surface area contributed by atoms with Crippen molar-refractivity contribution < 1.29 is 4.74 Å². The van der Waals surface area contributed by atoms with Gasteiger partial charge < -0.3 is 4.74 Å². The Balaban J connectivity index is 1.68. The highest BCUT2D eigenvalue weighted by Crippen LogP contribution is 2.31. The number of aryl methyl sites for hydroxylation is 1. The van der Waals surface area contributed by atoms with E-state index in [1.165, 1.54) is 12.0 Å². The second-order valence-electron chi connectivity index (χ2n) is 5.35. The number of hydrogen-bond acceptors (Lipinski definition) is 5. The highest BCUT2D eigenvalue weighted by atomic mass is 16.5. The summed E-state index contributed by atoms with van der Waals surface area (Å²) in [5.41, 5.74) is 1.19. The first-order valence-electron chi connectivity index (χ1n) is 7.47. The van der Waals surface area contributed by atoms with Gasteiger partial charge in [0.15, 0.2) is 5.82 Å². The second kappa shape index (κ2) is 6.22. The van der Waals surface area contributed by atoms with Crippen LogP contribution in [-0.2, 0) is 6.54 Å². The van der Waals surface area contributed by atoms with Crippen molar-refractivity contribution in [2.75, 3.05) is 13.2 Å². The van der Waals surface area contributed by atoms with Crippen LogP contribution < -0.4 is 4.74 Å². The SMILES string of the molecule is CCOc1ccc(CN2CCC[C@@H]2c2n[nH]c(C)n2)cn1. The van der Waals surface area contributed by atoms with Crippen LogP contribution in [0.5, 0.6) is 5.88 Å². The number of likely N-dealkylation sites (tertiary alicyclic amines) is 1. The van der Waals surface area contributed by atoms with Gasteiger partial charge in [0.25, 0.3) is 0 Å². The minimum atomic E-state index is 0.307. The van der Waals surface area contributed by atoms with Gasteiger partial charge in [-0.2, -0.15) is 5.10 Å². The lowest BCUT2D eigenvalue weighted by atomic mass is 10.2. The number of rotatable bonds is 5. The molecule has 1 fully saturated rings. The minimum absolute atomic E-state index is 0.307. The summed E-state index contributed by atoms with van der Waals surface area (Å²) in [6.07, 6.45) is 4.19. The predicted molar refractivity (Wildman–Crippen MR) is 78.9 cm³/mol. The van der Waals surface area contributed by atoms with Crippen molar-refractivity contribution in [1.82, 2.24) is 25.1 Å². The maximum atomic E-state index is 5.38. The zero-order chi connectivity index (χ0) is 14.7. The zero-order valence-corrected chi connectivity index (χ0v) is 12.5. The van der Waals surface area contributed by atoms with Gasteiger partial charge in [-0.1, -0.05) is 6.07 Å². The molecule has 3 heterocycles. The Labute approximate surface area is 124 Å². The fourth-order valence-corrected chi connectivity index (χ4v) is 2.79. The highest BCUT2D eigenvalue weighted by molar-refractivity contribution is 5.18. The molecule has 1 N–H and O–H groups in total. The van der Waals surface area contributed by atoms with Crippen LogP contribution in [0.15, 0.2) is 18.3 Å². The molecule has 21 heavy (non-hydrogen) atoms. The first-order chi connectivity index (χ1) is 10.3. The molecule has 0 aromatic carbocycles. The molecule has 6 heteroatoms. The van der Waals surface area contributed by atoms with Gasteiger partial charge in [0, 0.05) is 18.8 Å². The van der Waals surface area contributed by atoms with Crippen molar-refractivity contribution in [2.24, 2.45) is 0 Å². The van der Waals surface area contributed by atoms with Gasteiger partial charge in [0.05, 0.1) is 12.6 Å². The average molecular weight is 287 g/mol. The molecule has 0 unspecified atom stereocenters. The molecule has 2 aromatic rings. The van der Waals surface area contributed by atoms with Gasteiger partial charge in [-0.3, -0.25) is 10.00 Å². The summed E-state index contributed by atoms with van der Waals surface area (Å²) >= 11 is 0. The summed E-state index contributed by atoms with van der Waals surface area (Å²) in [7, 11) is 0. The fourth-order valence-electron chi connectivity index (χ4n) is 2.79. The number of aromatic nitrogens is 4. The molecule has 0 spiro atoms. The molecular weight excluding hydrogens is 266 g/mol.